The Bertz CT molecular complexity index is 890. The van der Waals surface area contributed by atoms with Crippen molar-refractivity contribution in [1.82, 2.24) is 4.90 Å². The summed E-state index contributed by atoms with van der Waals surface area (Å²) in [6, 6.07) is 8.65. The van der Waals surface area contributed by atoms with Crippen LogP contribution in [-0.4, -0.2) is 47.5 Å². The number of allylic oxidation sites excluding steroid dienone is 1. The van der Waals surface area contributed by atoms with Crippen LogP contribution < -0.4 is 9.47 Å². The maximum atomic E-state index is 12.4. The van der Waals surface area contributed by atoms with Gasteiger partial charge in [-0.2, -0.15) is 0 Å². The average molecular weight is 385 g/mol. The highest BCUT2D eigenvalue weighted by molar-refractivity contribution is 7.10. The van der Waals surface area contributed by atoms with Crippen molar-refractivity contribution in [1.29, 1.82) is 0 Å². The topological polar surface area (TPSA) is 76.1 Å². The van der Waals surface area contributed by atoms with E-state index in [1.807, 2.05) is 17.5 Å². The summed E-state index contributed by atoms with van der Waals surface area (Å²) in [5, 5.41) is 11.3. The molecule has 1 aromatic heterocycles. The van der Waals surface area contributed by atoms with E-state index in [0.717, 1.165) is 17.7 Å². The number of aliphatic hydroxyl groups excluding tert-OH is 1. The van der Waals surface area contributed by atoms with Gasteiger partial charge in [-0.05, 0) is 36.4 Å². The van der Waals surface area contributed by atoms with Gasteiger partial charge in [0.25, 0.3) is 5.91 Å². The Kier molecular flexibility index (Phi) is 4.96. The minimum Gasteiger partial charge on any atom is -0.484 e. The molecule has 7 heteroatoms. The van der Waals surface area contributed by atoms with E-state index < -0.39 is 0 Å². The predicted octanol–water partition coefficient (Wildman–Crippen LogP) is 2.73. The van der Waals surface area contributed by atoms with Gasteiger partial charge in [-0.3, -0.25) is 9.59 Å². The third-order valence-electron chi connectivity index (χ3n) is 4.73. The lowest BCUT2D eigenvalue weighted by Crippen LogP contribution is -2.40. The van der Waals surface area contributed by atoms with Crippen LogP contribution in [0.2, 0.25) is 0 Å². The van der Waals surface area contributed by atoms with Crippen LogP contribution in [0.4, 0.5) is 0 Å². The van der Waals surface area contributed by atoms with E-state index in [4.69, 9.17) is 9.47 Å². The van der Waals surface area contributed by atoms with Crippen LogP contribution in [-0.2, 0) is 4.79 Å². The second-order valence-electron chi connectivity index (χ2n) is 6.47. The zero-order valence-corrected chi connectivity index (χ0v) is 15.4. The molecule has 2 aromatic rings. The quantitative estimate of drug-likeness (QED) is 0.801. The maximum Gasteiger partial charge on any atom is 0.260 e. The fourth-order valence-electron chi connectivity index (χ4n) is 3.34. The van der Waals surface area contributed by atoms with Gasteiger partial charge in [-0.15, -0.1) is 11.3 Å². The van der Waals surface area contributed by atoms with Crippen molar-refractivity contribution in [2.75, 3.05) is 19.8 Å². The summed E-state index contributed by atoms with van der Waals surface area (Å²) < 4.78 is 11.3. The monoisotopic (exact) mass is 385 g/mol. The van der Waals surface area contributed by atoms with Gasteiger partial charge in [-0.1, -0.05) is 6.07 Å². The third-order valence-corrected chi connectivity index (χ3v) is 5.55. The average Bonchev–Trinajstić information content (AvgIpc) is 3.41. The number of thiophene rings is 1. The molecule has 3 heterocycles. The molecule has 1 fully saturated rings. The lowest BCUT2D eigenvalue weighted by Gasteiger charge is -2.22. The molecule has 6 nitrogen and oxygen atoms in total. The number of fused-ring (bicyclic) bond motifs is 1. The Morgan fingerprint density at radius 1 is 1.41 bits per heavy atom. The molecule has 1 amide bonds. The number of rotatable bonds is 5. The largest absolute Gasteiger partial charge is 0.484 e. The molecule has 0 bridgehead atoms. The highest BCUT2D eigenvalue weighted by atomic mass is 32.1. The van der Waals surface area contributed by atoms with Gasteiger partial charge in [0.05, 0.1) is 18.2 Å². The summed E-state index contributed by atoms with van der Waals surface area (Å²) in [6.45, 7) is 0.507. The van der Waals surface area contributed by atoms with E-state index in [2.05, 4.69) is 0 Å². The van der Waals surface area contributed by atoms with Crippen LogP contribution in [0.3, 0.4) is 0 Å². The third kappa shape index (κ3) is 3.61. The van der Waals surface area contributed by atoms with E-state index >= 15 is 0 Å². The second-order valence-corrected chi connectivity index (χ2v) is 7.45. The molecular weight excluding hydrogens is 366 g/mol. The molecule has 140 valence electrons. The SMILES string of the molecule is O=C1/C(=C/c2cccs2)Oc2cc(OCC(=O)N3CCC[C@H]3CO)ccc21. The molecule has 0 radical (unpaired) electrons. The molecule has 0 unspecified atom stereocenters. The number of hydrogen-bond donors (Lipinski definition) is 1. The predicted molar refractivity (Wildman–Crippen MR) is 101 cm³/mol. The van der Waals surface area contributed by atoms with Crippen molar-refractivity contribution < 1.29 is 24.2 Å². The zero-order chi connectivity index (χ0) is 18.8. The van der Waals surface area contributed by atoms with Crippen molar-refractivity contribution in [3.8, 4) is 11.5 Å². The fourth-order valence-corrected chi connectivity index (χ4v) is 3.99. The van der Waals surface area contributed by atoms with Gasteiger partial charge in [-0.25, -0.2) is 0 Å². The molecule has 1 aromatic carbocycles. The van der Waals surface area contributed by atoms with Crippen LogP contribution in [0.25, 0.3) is 6.08 Å². The van der Waals surface area contributed by atoms with Gasteiger partial charge < -0.3 is 19.5 Å². The summed E-state index contributed by atoms with van der Waals surface area (Å²) in [4.78, 5) is 27.3. The van der Waals surface area contributed by atoms with Gasteiger partial charge in [0, 0.05) is 23.6 Å². The molecule has 2 aliphatic rings. The Morgan fingerprint density at radius 3 is 3.07 bits per heavy atom. The number of amides is 1. The van der Waals surface area contributed by atoms with Crippen molar-refractivity contribution in [2.45, 2.75) is 18.9 Å². The lowest BCUT2D eigenvalue weighted by molar-refractivity contribution is -0.134. The molecule has 1 saturated heterocycles. The van der Waals surface area contributed by atoms with Crippen molar-refractivity contribution >= 4 is 29.1 Å². The van der Waals surface area contributed by atoms with Crippen LogP contribution in [0.5, 0.6) is 11.5 Å². The van der Waals surface area contributed by atoms with Crippen LogP contribution in [0.15, 0.2) is 41.5 Å². The van der Waals surface area contributed by atoms with Crippen molar-refractivity contribution in [3.05, 3.63) is 51.9 Å². The summed E-state index contributed by atoms with van der Waals surface area (Å²) >= 11 is 1.53. The summed E-state index contributed by atoms with van der Waals surface area (Å²) in [5.74, 6) is 0.865. The van der Waals surface area contributed by atoms with E-state index in [0.29, 0.717) is 23.6 Å². The first-order chi connectivity index (χ1) is 13.2. The number of ether oxygens (including phenoxy) is 2. The molecule has 2 aliphatic heterocycles. The number of aliphatic hydroxyl groups is 1. The van der Waals surface area contributed by atoms with Crippen LogP contribution >= 0.6 is 11.3 Å². The van der Waals surface area contributed by atoms with Crippen LogP contribution in [0, 0.1) is 0 Å². The Morgan fingerprint density at radius 2 is 2.30 bits per heavy atom. The summed E-state index contributed by atoms with van der Waals surface area (Å²) in [7, 11) is 0. The number of carbonyl (C=O) groups is 2. The Balaban J connectivity index is 1.43. The van der Waals surface area contributed by atoms with Crippen molar-refractivity contribution in [3.63, 3.8) is 0 Å². The zero-order valence-electron chi connectivity index (χ0n) is 14.6. The molecule has 27 heavy (non-hydrogen) atoms. The Labute approximate surface area is 160 Å². The molecule has 0 aliphatic carbocycles. The maximum absolute atomic E-state index is 12.4. The summed E-state index contributed by atoms with van der Waals surface area (Å²) in [6.07, 6.45) is 3.43. The lowest BCUT2D eigenvalue weighted by atomic mass is 10.1. The molecule has 0 spiro atoms. The van der Waals surface area contributed by atoms with Gasteiger partial charge in [0.15, 0.2) is 12.4 Å². The summed E-state index contributed by atoms with van der Waals surface area (Å²) in [5.41, 5.74) is 0.483. The van der Waals surface area contributed by atoms with Gasteiger partial charge >= 0.3 is 0 Å². The number of ketones is 1. The van der Waals surface area contributed by atoms with E-state index in [-0.39, 0.29) is 36.7 Å². The fraction of sp³-hybridized carbons (Fsp3) is 0.300. The first-order valence-electron chi connectivity index (χ1n) is 8.80. The van der Waals surface area contributed by atoms with Gasteiger partial charge in [0.1, 0.15) is 11.5 Å². The number of nitrogens with zero attached hydrogens (tertiary/aromatic N) is 1. The number of likely N-dealkylation sites (tertiary alicyclic amines) is 1. The number of benzene rings is 1. The van der Waals surface area contributed by atoms with E-state index in [1.54, 1.807) is 29.2 Å². The second kappa shape index (κ2) is 7.54. The first kappa shape index (κ1) is 17.8. The highest BCUT2D eigenvalue weighted by Gasteiger charge is 2.29. The molecular formula is C20H19NO5S. The molecule has 0 saturated carbocycles. The van der Waals surface area contributed by atoms with E-state index in [9.17, 15) is 14.7 Å². The molecule has 1 N–H and O–H groups in total. The van der Waals surface area contributed by atoms with E-state index in [1.165, 1.54) is 11.3 Å². The first-order valence-corrected chi connectivity index (χ1v) is 9.68. The van der Waals surface area contributed by atoms with Gasteiger partial charge in [0.2, 0.25) is 5.78 Å². The van der Waals surface area contributed by atoms with Crippen LogP contribution in [0.1, 0.15) is 28.1 Å². The Hall–Kier alpha value is -2.64. The normalized spacial score (nSPS) is 20.0. The number of hydrogen-bond acceptors (Lipinski definition) is 6. The number of carbonyl (C=O) groups excluding carboxylic acids is 2. The van der Waals surface area contributed by atoms with Crippen molar-refractivity contribution in [2.24, 2.45) is 0 Å². The molecule has 4 rings (SSSR count). The number of Topliss-reactive ketones (excluding diaryl/α,β-unsaturated/α-hetero) is 1. The molecule has 1 atom stereocenters. The minimum atomic E-state index is -0.163. The standard InChI is InChI=1S/C20H19NO5S/c22-11-13-3-1-7-21(13)19(23)12-25-14-5-6-16-17(9-14)26-18(20(16)24)10-15-4-2-8-27-15/h2,4-6,8-10,13,22H,1,3,7,11-12H2/b18-10-/t13-/m0/s1. The minimum absolute atomic E-state index is 0.0279. The highest BCUT2D eigenvalue weighted by Crippen LogP contribution is 2.35. The smallest absolute Gasteiger partial charge is 0.260 e.